The molecule has 132 valence electrons. The first kappa shape index (κ1) is 17.3. The lowest BCUT2D eigenvalue weighted by Gasteiger charge is -2.18. The second-order valence-corrected chi connectivity index (χ2v) is 6.21. The fourth-order valence-corrected chi connectivity index (χ4v) is 3.10. The largest absolute Gasteiger partial charge is 0.459 e. The molecule has 0 saturated heterocycles. The summed E-state index contributed by atoms with van der Waals surface area (Å²) in [7, 11) is 1.94. The van der Waals surface area contributed by atoms with E-state index >= 15 is 0 Å². The molecule has 0 radical (unpaired) electrons. The number of rotatable bonds is 7. The zero-order valence-corrected chi connectivity index (χ0v) is 15.0. The molecule has 3 aromatic rings. The van der Waals surface area contributed by atoms with E-state index in [1.165, 1.54) is 10.9 Å². The van der Waals surface area contributed by atoms with E-state index in [2.05, 4.69) is 30.2 Å². The lowest BCUT2D eigenvalue weighted by molar-refractivity contribution is 0.304. The summed E-state index contributed by atoms with van der Waals surface area (Å²) >= 11 is 0. The van der Waals surface area contributed by atoms with Gasteiger partial charge in [0.2, 0.25) is 0 Å². The molecule has 1 unspecified atom stereocenters. The van der Waals surface area contributed by atoms with Crippen molar-refractivity contribution in [1.29, 1.82) is 0 Å². The van der Waals surface area contributed by atoms with Crippen LogP contribution in [0.5, 0.6) is 0 Å². The topological polar surface area (TPSA) is 61.5 Å². The molecule has 1 atom stereocenters. The Kier molecular flexibility index (Phi) is 5.24. The minimum atomic E-state index is 0.0240. The molecule has 0 bridgehead atoms. The maximum absolute atomic E-state index is 9.02. The minimum absolute atomic E-state index is 0.0240. The van der Waals surface area contributed by atoms with Gasteiger partial charge in [0, 0.05) is 24.5 Å². The van der Waals surface area contributed by atoms with Crippen molar-refractivity contribution in [2.75, 3.05) is 30.4 Å². The highest BCUT2D eigenvalue weighted by atomic mass is 16.3. The fourth-order valence-electron chi connectivity index (χ4n) is 3.10. The molecule has 2 heterocycles. The average molecular weight is 339 g/mol. The number of nitrogens with zero attached hydrogens (tertiary/aromatic N) is 2. The average Bonchev–Trinajstić information content (AvgIpc) is 3.01. The number of nitrogens with one attached hydrogen (secondary N) is 1. The molecule has 2 N–H and O–H groups in total. The van der Waals surface area contributed by atoms with Crippen LogP contribution in [-0.4, -0.2) is 30.3 Å². The fraction of sp³-hybridized carbons (Fsp3) is 0.350. The number of aryl methyl sites for hydroxylation is 1. The third-order valence-corrected chi connectivity index (χ3v) is 4.46. The molecule has 3 rings (SSSR count). The summed E-state index contributed by atoms with van der Waals surface area (Å²) in [6.45, 7) is 4.95. The van der Waals surface area contributed by atoms with E-state index in [0.717, 1.165) is 29.3 Å². The lowest BCUT2D eigenvalue weighted by atomic mass is 10.1. The summed E-state index contributed by atoms with van der Waals surface area (Å²) in [5, 5.41) is 13.6. The monoisotopic (exact) mass is 339 g/mol. The Bertz CT molecular complexity index is 827. The van der Waals surface area contributed by atoms with E-state index in [1.807, 2.05) is 48.5 Å². The zero-order valence-electron chi connectivity index (χ0n) is 15.0. The second-order valence-electron chi connectivity index (χ2n) is 6.21. The van der Waals surface area contributed by atoms with Crippen molar-refractivity contribution >= 4 is 22.5 Å². The lowest BCUT2D eigenvalue weighted by Crippen LogP contribution is -2.21. The van der Waals surface area contributed by atoms with Gasteiger partial charge in [-0.1, -0.05) is 25.1 Å². The number of furan rings is 1. The number of benzene rings is 1. The number of fused-ring (bicyclic) bond motifs is 1. The number of likely N-dealkylation sites (N-methyl/N-ethyl adjacent to an activating group) is 1. The Morgan fingerprint density at radius 2 is 2.04 bits per heavy atom. The molecule has 0 spiro atoms. The summed E-state index contributed by atoms with van der Waals surface area (Å²) in [6, 6.07) is 12.1. The Labute approximate surface area is 148 Å². The van der Waals surface area contributed by atoms with E-state index in [0.29, 0.717) is 6.54 Å². The Balaban J connectivity index is 1.79. The first-order valence-electron chi connectivity index (χ1n) is 8.69. The van der Waals surface area contributed by atoms with Gasteiger partial charge in [-0.2, -0.15) is 0 Å². The maximum Gasteiger partial charge on any atom is 0.134 e. The highest BCUT2D eigenvalue weighted by molar-refractivity contribution is 5.82. The van der Waals surface area contributed by atoms with Gasteiger partial charge in [-0.3, -0.25) is 0 Å². The van der Waals surface area contributed by atoms with Gasteiger partial charge in [0.25, 0.3) is 0 Å². The van der Waals surface area contributed by atoms with Gasteiger partial charge in [0.05, 0.1) is 24.5 Å². The Morgan fingerprint density at radius 3 is 2.72 bits per heavy atom. The normalized spacial score (nSPS) is 12.3. The van der Waals surface area contributed by atoms with Crippen LogP contribution in [0.3, 0.4) is 0 Å². The van der Waals surface area contributed by atoms with Crippen LogP contribution in [0.4, 0.5) is 11.5 Å². The van der Waals surface area contributed by atoms with Gasteiger partial charge in [0.15, 0.2) is 0 Å². The van der Waals surface area contributed by atoms with Gasteiger partial charge < -0.3 is 19.7 Å². The molecule has 0 fully saturated rings. The number of pyridine rings is 1. The molecule has 0 aliphatic carbocycles. The summed E-state index contributed by atoms with van der Waals surface area (Å²) in [6.07, 6.45) is 2.74. The van der Waals surface area contributed by atoms with E-state index in [9.17, 15) is 0 Å². The first-order valence-corrected chi connectivity index (χ1v) is 8.69. The molecule has 5 heteroatoms. The number of para-hydroxylation sites is 1. The van der Waals surface area contributed by atoms with Crippen molar-refractivity contribution in [2.45, 2.75) is 26.3 Å². The summed E-state index contributed by atoms with van der Waals surface area (Å²) in [5.74, 6) is 1.77. The van der Waals surface area contributed by atoms with Crippen LogP contribution in [0.2, 0.25) is 0 Å². The zero-order chi connectivity index (χ0) is 17.8. The van der Waals surface area contributed by atoms with E-state index in [4.69, 9.17) is 9.52 Å². The van der Waals surface area contributed by atoms with Crippen LogP contribution in [0.25, 0.3) is 11.0 Å². The van der Waals surface area contributed by atoms with Crippen LogP contribution in [-0.2, 0) is 6.42 Å². The number of hydrogen-bond acceptors (Lipinski definition) is 5. The standard InChI is InChI=1S/C20H25N3O2/c1-4-16-17-7-5-6-8-18(17)25-20(16)14(2)22-19-10-9-15(13-21-19)23(3)11-12-24/h5-10,13-14,24H,4,11-12H2,1-3H3,(H,21,22). The first-order chi connectivity index (χ1) is 12.1. The number of aromatic nitrogens is 1. The highest BCUT2D eigenvalue weighted by Crippen LogP contribution is 2.31. The molecule has 0 aliphatic rings. The third kappa shape index (κ3) is 3.61. The molecule has 5 nitrogen and oxygen atoms in total. The van der Waals surface area contributed by atoms with Crippen LogP contribution in [0, 0.1) is 0 Å². The molecule has 0 saturated carbocycles. The predicted molar refractivity (Wildman–Crippen MR) is 102 cm³/mol. The quantitative estimate of drug-likeness (QED) is 0.681. The summed E-state index contributed by atoms with van der Waals surface area (Å²) in [4.78, 5) is 6.45. The molecule has 2 aromatic heterocycles. The van der Waals surface area contributed by atoms with Crippen molar-refractivity contribution in [3.8, 4) is 0 Å². The predicted octanol–water partition coefficient (Wildman–Crippen LogP) is 3.99. The van der Waals surface area contributed by atoms with Crippen LogP contribution in [0.15, 0.2) is 47.0 Å². The highest BCUT2D eigenvalue weighted by Gasteiger charge is 2.18. The summed E-state index contributed by atoms with van der Waals surface area (Å²) < 4.78 is 6.09. The van der Waals surface area contributed by atoms with Crippen molar-refractivity contribution in [3.63, 3.8) is 0 Å². The van der Waals surface area contributed by atoms with Crippen molar-refractivity contribution in [1.82, 2.24) is 4.98 Å². The van der Waals surface area contributed by atoms with Crippen molar-refractivity contribution < 1.29 is 9.52 Å². The van der Waals surface area contributed by atoms with Gasteiger partial charge in [0.1, 0.15) is 17.2 Å². The van der Waals surface area contributed by atoms with Gasteiger partial charge in [-0.15, -0.1) is 0 Å². The second kappa shape index (κ2) is 7.57. The smallest absolute Gasteiger partial charge is 0.134 e. The number of aliphatic hydroxyl groups excluding tert-OH is 1. The summed E-state index contributed by atoms with van der Waals surface area (Å²) in [5.41, 5.74) is 3.15. The van der Waals surface area contributed by atoms with Crippen LogP contribution in [0.1, 0.15) is 31.2 Å². The number of hydrogen-bond donors (Lipinski definition) is 2. The van der Waals surface area contributed by atoms with Gasteiger partial charge >= 0.3 is 0 Å². The Hall–Kier alpha value is -2.53. The van der Waals surface area contributed by atoms with Gasteiger partial charge in [-0.25, -0.2) is 4.98 Å². The number of anilines is 2. The van der Waals surface area contributed by atoms with E-state index in [-0.39, 0.29) is 12.6 Å². The van der Waals surface area contributed by atoms with Gasteiger partial charge in [-0.05, 0) is 31.5 Å². The van der Waals surface area contributed by atoms with Crippen LogP contribution < -0.4 is 10.2 Å². The third-order valence-electron chi connectivity index (χ3n) is 4.46. The van der Waals surface area contributed by atoms with Crippen molar-refractivity contribution in [2.24, 2.45) is 0 Å². The molecule has 0 amide bonds. The SMILES string of the molecule is CCc1c(C(C)Nc2ccc(N(C)CCO)cn2)oc2ccccc12. The molecular formula is C20H25N3O2. The molecule has 0 aliphatic heterocycles. The number of aliphatic hydroxyl groups is 1. The van der Waals surface area contributed by atoms with E-state index < -0.39 is 0 Å². The molecule has 25 heavy (non-hydrogen) atoms. The maximum atomic E-state index is 9.02. The van der Waals surface area contributed by atoms with E-state index in [1.54, 1.807) is 0 Å². The molecule has 1 aromatic carbocycles. The molecular weight excluding hydrogens is 314 g/mol. The Morgan fingerprint density at radius 1 is 1.24 bits per heavy atom. The minimum Gasteiger partial charge on any atom is -0.459 e. The van der Waals surface area contributed by atoms with Crippen molar-refractivity contribution in [3.05, 3.63) is 53.9 Å². The van der Waals surface area contributed by atoms with Crippen LogP contribution >= 0.6 is 0 Å².